The van der Waals surface area contributed by atoms with Gasteiger partial charge in [-0.05, 0) is 44.9 Å². The Hall–Kier alpha value is -2.83. The van der Waals surface area contributed by atoms with Crippen LogP contribution in [0.5, 0.6) is 5.75 Å². The van der Waals surface area contributed by atoms with Gasteiger partial charge in [0.1, 0.15) is 11.3 Å². The number of nitrogens with zero attached hydrogens (tertiary/aromatic N) is 1. The van der Waals surface area contributed by atoms with Crippen LogP contribution in [-0.2, 0) is 9.53 Å². The van der Waals surface area contributed by atoms with Gasteiger partial charge in [0, 0.05) is 0 Å². The summed E-state index contributed by atoms with van der Waals surface area (Å²) in [6.07, 6.45) is 0. The Kier molecular flexibility index (Phi) is 5.57. The summed E-state index contributed by atoms with van der Waals surface area (Å²) in [5.74, 6) is -0.468. The van der Waals surface area contributed by atoms with E-state index in [2.05, 4.69) is 10.5 Å². The van der Waals surface area contributed by atoms with Gasteiger partial charge in [-0.25, -0.2) is 4.79 Å². The topological polar surface area (TPSA) is 90.7 Å². The van der Waals surface area contributed by atoms with E-state index >= 15 is 0 Å². The lowest BCUT2D eigenvalue weighted by Gasteiger charge is -2.10. The maximum atomic E-state index is 12.0. The van der Waals surface area contributed by atoms with E-state index in [0.717, 1.165) is 11.1 Å². The van der Waals surface area contributed by atoms with E-state index in [4.69, 9.17) is 14.0 Å². The van der Waals surface area contributed by atoms with Gasteiger partial charge in [-0.3, -0.25) is 10.1 Å². The lowest BCUT2D eigenvalue weighted by Crippen LogP contribution is -2.21. The minimum Gasteiger partial charge on any atom is -0.483 e. The van der Waals surface area contributed by atoms with Crippen LogP contribution < -0.4 is 10.1 Å². The molecule has 0 fully saturated rings. The highest BCUT2D eigenvalue weighted by Gasteiger charge is 2.23. The molecule has 1 heterocycles. The maximum absolute atomic E-state index is 12.0. The maximum Gasteiger partial charge on any atom is 0.345 e. The number of benzene rings is 1. The van der Waals surface area contributed by atoms with Gasteiger partial charge in [-0.2, -0.15) is 0 Å². The fraction of sp³-hybridized carbons (Fsp3) is 0.353. The molecule has 0 aliphatic heterocycles. The van der Waals surface area contributed by atoms with Crippen LogP contribution in [0.2, 0.25) is 0 Å². The molecule has 0 atom stereocenters. The highest BCUT2D eigenvalue weighted by atomic mass is 16.5. The molecule has 1 aromatic carbocycles. The number of carbonyl (C=O) groups excluding carboxylic acids is 2. The molecule has 7 nitrogen and oxygen atoms in total. The minimum absolute atomic E-state index is 0.0412. The standard InChI is InChI=1S/C17H20N2O5/c1-5-22-17(21)15-12(4)19-24-16(15)18-14(20)9-23-13-8-6-7-10(2)11(13)3/h6-8H,5,9H2,1-4H3,(H,18,20). The van der Waals surface area contributed by atoms with Crippen LogP contribution in [0.15, 0.2) is 22.7 Å². The number of nitrogens with one attached hydrogen (secondary N) is 1. The lowest BCUT2D eigenvalue weighted by atomic mass is 10.1. The SMILES string of the molecule is CCOC(=O)c1c(C)noc1NC(=O)COc1cccc(C)c1C. The van der Waals surface area contributed by atoms with Crippen molar-refractivity contribution >= 4 is 17.8 Å². The zero-order valence-electron chi connectivity index (χ0n) is 14.1. The molecule has 0 radical (unpaired) electrons. The number of amides is 1. The molecule has 1 N–H and O–H groups in total. The van der Waals surface area contributed by atoms with Crippen molar-refractivity contribution < 1.29 is 23.6 Å². The molecule has 2 aromatic rings. The smallest absolute Gasteiger partial charge is 0.345 e. The zero-order valence-corrected chi connectivity index (χ0v) is 14.1. The van der Waals surface area contributed by atoms with Crippen molar-refractivity contribution in [1.82, 2.24) is 5.16 Å². The molecule has 128 valence electrons. The van der Waals surface area contributed by atoms with Crippen molar-refractivity contribution in [2.45, 2.75) is 27.7 Å². The molecule has 2 rings (SSSR count). The second-order valence-corrected chi connectivity index (χ2v) is 5.23. The summed E-state index contributed by atoms with van der Waals surface area (Å²) in [5, 5.41) is 6.17. The van der Waals surface area contributed by atoms with Crippen LogP contribution in [-0.4, -0.2) is 30.2 Å². The Labute approximate surface area is 139 Å². The number of aromatic nitrogens is 1. The Balaban J connectivity index is 2.03. The van der Waals surface area contributed by atoms with Gasteiger partial charge in [-0.1, -0.05) is 17.3 Å². The molecule has 0 bridgehead atoms. The number of esters is 1. The summed E-state index contributed by atoms with van der Waals surface area (Å²) in [6.45, 7) is 7.17. The molecule has 0 spiro atoms. The number of aryl methyl sites for hydroxylation is 2. The van der Waals surface area contributed by atoms with Crippen LogP contribution in [0.25, 0.3) is 0 Å². The molecular weight excluding hydrogens is 312 g/mol. The molecule has 1 amide bonds. The van der Waals surface area contributed by atoms with Crippen LogP contribution in [0.1, 0.15) is 34.1 Å². The Morgan fingerprint density at radius 2 is 2.00 bits per heavy atom. The summed E-state index contributed by atoms with van der Waals surface area (Å²) in [6, 6.07) is 5.61. The van der Waals surface area contributed by atoms with Gasteiger partial charge in [-0.15, -0.1) is 0 Å². The molecule has 0 saturated carbocycles. The van der Waals surface area contributed by atoms with E-state index in [1.807, 2.05) is 26.0 Å². The summed E-state index contributed by atoms with van der Waals surface area (Å²) in [5.41, 5.74) is 2.49. The van der Waals surface area contributed by atoms with Crippen molar-refractivity contribution in [3.05, 3.63) is 40.6 Å². The first-order valence-electron chi connectivity index (χ1n) is 7.56. The second-order valence-electron chi connectivity index (χ2n) is 5.23. The van der Waals surface area contributed by atoms with Gasteiger partial charge < -0.3 is 14.0 Å². The molecule has 0 saturated heterocycles. The summed E-state index contributed by atoms with van der Waals surface area (Å²) in [4.78, 5) is 23.9. The molecule has 7 heteroatoms. The molecule has 0 aliphatic carbocycles. The van der Waals surface area contributed by atoms with Crippen LogP contribution in [0.3, 0.4) is 0 Å². The van der Waals surface area contributed by atoms with Gasteiger partial charge in [0.05, 0.1) is 12.3 Å². The molecule has 24 heavy (non-hydrogen) atoms. The summed E-state index contributed by atoms with van der Waals surface area (Å²) < 4.78 is 15.4. The number of hydrogen-bond donors (Lipinski definition) is 1. The van der Waals surface area contributed by atoms with Gasteiger partial charge >= 0.3 is 5.97 Å². The van der Waals surface area contributed by atoms with Gasteiger partial charge in [0.25, 0.3) is 5.91 Å². The predicted molar refractivity (Wildman–Crippen MR) is 87.2 cm³/mol. The van der Waals surface area contributed by atoms with E-state index in [0.29, 0.717) is 11.4 Å². The lowest BCUT2D eigenvalue weighted by molar-refractivity contribution is -0.118. The highest BCUT2D eigenvalue weighted by Crippen LogP contribution is 2.22. The second kappa shape index (κ2) is 7.63. The third kappa shape index (κ3) is 3.92. The monoisotopic (exact) mass is 332 g/mol. The van der Waals surface area contributed by atoms with Crippen LogP contribution in [0.4, 0.5) is 5.88 Å². The summed E-state index contributed by atoms with van der Waals surface area (Å²) in [7, 11) is 0. The summed E-state index contributed by atoms with van der Waals surface area (Å²) >= 11 is 0. The van der Waals surface area contributed by atoms with E-state index < -0.39 is 11.9 Å². The quantitative estimate of drug-likeness (QED) is 0.818. The number of anilines is 1. The Morgan fingerprint density at radius 1 is 1.25 bits per heavy atom. The van der Waals surface area contributed by atoms with Crippen molar-refractivity contribution in [1.29, 1.82) is 0 Å². The predicted octanol–water partition coefficient (Wildman–Crippen LogP) is 2.79. The van der Waals surface area contributed by atoms with Gasteiger partial charge in [0.15, 0.2) is 6.61 Å². The highest BCUT2D eigenvalue weighted by molar-refractivity contribution is 6.00. The Bertz CT molecular complexity index is 751. The fourth-order valence-corrected chi connectivity index (χ4v) is 2.09. The molecule has 0 aliphatic rings. The van der Waals surface area contributed by atoms with Gasteiger partial charge in [0.2, 0.25) is 5.88 Å². The number of hydrogen-bond acceptors (Lipinski definition) is 6. The fourth-order valence-electron chi connectivity index (χ4n) is 2.09. The third-order valence-corrected chi connectivity index (χ3v) is 3.51. The van der Waals surface area contributed by atoms with E-state index in [9.17, 15) is 9.59 Å². The average molecular weight is 332 g/mol. The van der Waals surface area contributed by atoms with Crippen LogP contribution >= 0.6 is 0 Å². The van der Waals surface area contributed by atoms with Crippen LogP contribution in [0, 0.1) is 20.8 Å². The molecular formula is C17H20N2O5. The van der Waals surface area contributed by atoms with Crippen molar-refractivity contribution in [2.75, 3.05) is 18.5 Å². The first-order chi connectivity index (χ1) is 11.4. The van der Waals surface area contributed by atoms with E-state index in [-0.39, 0.29) is 24.7 Å². The Morgan fingerprint density at radius 3 is 2.71 bits per heavy atom. The largest absolute Gasteiger partial charge is 0.483 e. The third-order valence-electron chi connectivity index (χ3n) is 3.51. The minimum atomic E-state index is -0.595. The molecule has 0 unspecified atom stereocenters. The number of carbonyl (C=O) groups is 2. The first kappa shape index (κ1) is 17.5. The van der Waals surface area contributed by atoms with Crippen molar-refractivity contribution in [3.63, 3.8) is 0 Å². The average Bonchev–Trinajstić information content (AvgIpc) is 2.89. The van der Waals surface area contributed by atoms with E-state index in [1.165, 1.54) is 0 Å². The first-order valence-corrected chi connectivity index (χ1v) is 7.56. The van der Waals surface area contributed by atoms with Crippen molar-refractivity contribution in [2.24, 2.45) is 0 Å². The van der Waals surface area contributed by atoms with Crippen molar-refractivity contribution in [3.8, 4) is 5.75 Å². The number of ether oxygens (including phenoxy) is 2. The molecule has 1 aromatic heterocycles. The van der Waals surface area contributed by atoms with E-state index in [1.54, 1.807) is 19.9 Å². The normalized spacial score (nSPS) is 10.3. The number of rotatable bonds is 6. The zero-order chi connectivity index (χ0) is 17.7.